The molecule has 0 spiro atoms. The number of hydrogen-bond donors (Lipinski definition) is 1. The molecule has 1 aliphatic heterocycles. The minimum Gasteiger partial charge on any atom is -0.317 e. The molecule has 4 heteroatoms. The number of nitrogens with zero attached hydrogens (tertiary/aromatic N) is 3. The van der Waals surface area contributed by atoms with Crippen LogP contribution in [0.4, 0.5) is 0 Å². The third kappa shape index (κ3) is 8.90. The highest BCUT2D eigenvalue weighted by Crippen LogP contribution is 2.05. The van der Waals surface area contributed by atoms with Gasteiger partial charge in [0.2, 0.25) is 0 Å². The van der Waals surface area contributed by atoms with Gasteiger partial charge in [-0.2, -0.15) is 0 Å². The van der Waals surface area contributed by atoms with Crippen LogP contribution in [0.1, 0.15) is 32.6 Å². The molecule has 0 radical (unpaired) electrons. The highest BCUT2D eigenvalue weighted by atomic mass is 15.3. The van der Waals surface area contributed by atoms with Crippen LogP contribution in [0.15, 0.2) is 0 Å². The van der Waals surface area contributed by atoms with Crippen LogP contribution in [0.2, 0.25) is 0 Å². The predicted octanol–water partition coefficient (Wildman–Crippen LogP) is 1.34. The summed E-state index contributed by atoms with van der Waals surface area (Å²) in [7, 11) is 4.32. The lowest BCUT2D eigenvalue weighted by Crippen LogP contribution is -2.48. The van der Waals surface area contributed by atoms with Gasteiger partial charge in [0.05, 0.1) is 0 Å². The van der Waals surface area contributed by atoms with Crippen molar-refractivity contribution in [3.8, 4) is 0 Å². The fraction of sp³-hybridized carbons (Fsp3) is 1.00. The van der Waals surface area contributed by atoms with Crippen LogP contribution in [-0.4, -0.2) is 87.7 Å². The summed E-state index contributed by atoms with van der Waals surface area (Å²) in [6.07, 6.45) is 5.50. The molecule has 0 atom stereocenters. The van der Waals surface area contributed by atoms with E-state index in [4.69, 9.17) is 0 Å². The Morgan fingerprint density at radius 3 is 2.05 bits per heavy atom. The molecule has 0 unspecified atom stereocenters. The average molecular weight is 284 g/mol. The molecule has 1 N–H and O–H groups in total. The van der Waals surface area contributed by atoms with Gasteiger partial charge in [-0.3, -0.25) is 4.90 Å². The molecule has 0 aliphatic carbocycles. The Morgan fingerprint density at radius 1 is 0.850 bits per heavy atom. The first-order chi connectivity index (χ1) is 9.72. The normalized spacial score (nSPS) is 18.0. The summed E-state index contributed by atoms with van der Waals surface area (Å²) in [6.45, 7) is 13.3. The molecular formula is C16H36N4. The molecule has 120 valence electrons. The number of unbranched alkanes of at least 4 members (excludes halogenated alkanes) is 3. The lowest BCUT2D eigenvalue weighted by atomic mass is 10.2. The summed E-state index contributed by atoms with van der Waals surface area (Å²) in [5.41, 5.74) is 0. The van der Waals surface area contributed by atoms with Gasteiger partial charge in [0.15, 0.2) is 0 Å². The van der Waals surface area contributed by atoms with Gasteiger partial charge in [0.1, 0.15) is 0 Å². The van der Waals surface area contributed by atoms with E-state index in [1.165, 1.54) is 78.0 Å². The molecule has 1 saturated heterocycles. The fourth-order valence-corrected chi connectivity index (χ4v) is 2.69. The van der Waals surface area contributed by atoms with E-state index in [9.17, 15) is 0 Å². The van der Waals surface area contributed by atoms with Gasteiger partial charge in [-0.05, 0) is 46.6 Å². The Bertz CT molecular complexity index is 213. The average Bonchev–Trinajstić information content (AvgIpc) is 2.45. The Morgan fingerprint density at radius 2 is 1.45 bits per heavy atom. The maximum atomic E-state index is 3.39. The fourth-order valence-electron chi connectivity index (χ4n) is 2.69. The van der Waals surface area contributed by atoms with E-state index >= 15 is 0 Å². The predicted molar refractivity (Wildman–Crippen MR) is 88.4 cm³/mol. The second kappa shape index (κ2) is 11.5. The van der Waals surface area contributed by atoms with Gasteiger partial charge in [0.25, 0.3) is 0 Å². The lowest BCUT2D eigenvalue weighted by molar-refractivity contribution is 0.124. The molecule has 0 aromatic heterocycles. The van der Waals surface area contributed by atoms with Gasteiger partial charge in [0, 0.05) is 39.3 Å². The van der Waals surface area contributed by atoms with Crippen molar-refractivity contribution in [3.63, 3.8) is 0 Å². The lowest BCUT2D eigenvalue weighted by Gasteiger charge is -2.35. The summed E-state index contributed by atoms with van der Waals surface area (Å²) in [5, 5.41) is 3.39. The van der Waals surface area contributed by atoms with Gasteiger partial charge in [-0.15, -0.1) is 0 Å². The standard InChI is InChI=1S/C16H36N4/c1-4-17-9-7-5-6-8-10-19-13-15-20(16-14-19)12-11-18(2)3/h17H,4-16H2,1-3H3. The zero-order valence-electron chi connectivity index (χ0n) is 14.0. The monoisotopic (exact) mass is 284 g/mol. The number of piperazine rings is 1. The van der Waals surface area contributed by atoms with E-state index in [1.807, 2.05) is 0 Å². The van der Waals surface area contributed by atoms with Crippen molar-refractivity contribution < 1.29 is 0 Å². The summed E-state index contributed by atoms with van der Waals surface area (Å²) >= 11 is 0. The zero-order chi connectivity index (χ0) is 14.6. The van der Waals surface area contributed by atoms with Crippen molar-refractivity contribution in [3.05, 3.63) is 0 Å². The molecule has 0 aromatic carbocycles. The quantitative estimate of drug-likeness (QED) is 0.578. The molecule has 1 rings (SSSR count). The molecule has 1 fully saturated rings. The van der Waals surface area contributed by atoms with Crippen molar-refractivity contribution in [1.29, 1.82) is 0 Å². The summed E-state index contributed by atoms with van der Waals surface area (Å²) in [6, 6.07) is 0. The van der Waals surface area contributed by atoms with E-state index in [0.717, 1.165) is 6.54 Å². The Labute approximate surface area is 126 Å². The summed E-state index contributed by atoms with van der Waals surface area (Å²) < 4.78 is 0. The van der Waals surface area contributed by atoms with Gasteiger partial charge >= 0.3 is 0 Å². The van der Waals surface area contributed by atoms with Crippen LogP contribution in [0.25, 0.3) is 0 Å². The SMILES string of the molecule is CCNCCCCCCN1CCN(CCN(C)C)CC1. The maximum Gasteiger partial charge on any atom is 0.0110 e. The van der Waals surface area contributed by atoms with E-state index < -0.39 is 0 Å². The van der Waals surface area contributed by atoms with Gasteiger partial charge < -0.3 is 15.1 Å². The van der Waals surface area contributed by atoms with Crippen molar-refractivity contribution in [1.82, 2.24) is 20.0 Å². The molecular weight excluding hydrogens is 248 g/mol. The Kier molecular flexibility index (Phi) is 10.3. The molecule has 4 nitrogen and oxygen atoms in total. The summed E-state index contributed by atoms with van der Waals surface area (Å²) in [4.78, 5) is 7.53. The van der Waals surface area contributed by atoms with E-state index in [1.54, 1.807) is 0 Å². The maximum absolute atomic E-state index is 3.39. The molecule has 1 heterocycles. The van der Waals surface area contributed by atoms with E-state index in [2.05, 4.69) is 41.0 Å². The Hall–Kier alpha value is -0.160. The zero-order valence-corrected chi connectivity index (χ0v) is 14.0. The second-order valence-electron chi connectivity index (χ2n) is 6.25. The van der Waals surface area contributed by atoms with Gasteiger partial charge in [-0.25, -0.2) is 0 Å². The first-order valence-electron chi connectivity index (χ1n) is 8.52. The molecule has 1 aliphatic rings. The van der Waals surface area contributed by atoms with Gasteiger partial charge in [-0.1, -0.05) is 19.8 Å². The molecule has 20 heavy (non-hydrogen) atoms. The van der Waals surface area contributed by atoms with Crippen molar-refractivity contribution >= 4 is 0 Å². The minimum atomic E-state index is 1.11. The Balaban J connectivity index is 1.92. The second-order valence-corrected chi connectivity index (χ2v) is 6.25. The van der Waals surface area contributed by atoms with Crippen molar-refractivity contribution in [2.75, 3.05) is 73.0 Å². The first kappa shape index (κ1) is 17.9. The topological polar surface area (TPSA) is 21.8 Å². The molecule has 0 amide bonds. The van der Waals surface area contributed by atoms with E-state index in [0.29, 0.717) is 0 Å². The molecule has 0 bridgehead atoms. The van der Waals surface area contributed by atoms with Crippen LogP contribution in [-0.2, 0) is 0 Å². The third-order valence-corrected chi connectivity index (χ3v) is 4.16. The number of nitrogens with one attached hydrogen (secondary N) is 1. The van der Waals surface area contributed by atoms with Crippen LogP contribution in [0, 0.1) is 0 Å². The molecule has 0 aromatic rings. The third-order valence-electron chi connectivity index (χ3n) is 4.16. The number of rotatable bonds is 11. The summed E-state index contributed by atoms with van der Waals surface area (Å²) in [5.74, 6) is 0. The number of likely N-dealkylation sites (N-methyl/N-ethyl adjacent to an activating group) is 1. The largest absolute Gasteiger partial charge is 0.317 e. The highest BCUT2D eigenvalue weighted by Gasteiger charge is 2.15. The minimum absolute atomic E-state index is 1.11. The smallest absolute Gasteiger partial charge is 0.0110 e. The number of hydrogen-bond acceptors (Lipinski definition) is 4. The van der Waals surface area contributed by atoms with Crippen LogP contribution in [0.3, 0.4) is 0 Å². The van der Waals surface area contributed by atoms with Crippen molar-refractivity contribution in [2.45, 2.75) is 32.6 Å². The van der Waals surface area contributed by atoms with Crippen LogP contribution < -0.4 is 5.32 Å². The van der Waals surface area contributed by atoms with Crippen LogP contribution >= 0.6 is 0 Å². The highest BCUT2D eigenvalue weighted by molar-refractivity contribution is 4.72. The molecule has 0 saturated carbocycles. The van der Waals surface area contributed by atoms with Crippen LogP contribution in [0.5, 0.6) is 0 Å². The first-order valence-corrected chi connectivity index (χ1v) is 8.52. The van der Waals surface area contributed by atoms with E-state index in [-0.39, 0.29) is 0 Å². The van der Waals surface area contributed by atoms with Crippen molar-refractivity contribution in [2.24, 2.45) is 0 Å².